The van der Waals surface area contributed by atoms with E-state index in [9.17, 15) is 14.4 Å². The molecular formula is C21H31ClN4O3. The van der Waals surface area contributed by atoms with Crippen LogP contribution in [0.15, 0.2) is 30.3 Å². The number of hydrogen-bond donors (Lipinski definition) is 1. The van der Waals surface area contributed by atoms with Crippen LogP contribution in [0, 0.1) is 0 Å². The molecule has 29 heavy (non-hydrogen) atoms. The first kappa shape index (κ1) is 23.2. The van der Waals surface area contributed by atoms with Crippen molar-refractivity contribution in [3.8, 4) is 0 Å². The Bertz CT molecular complexity index is 700. The molecular weight excluding hydrogens is 392 g/mol. The molecule has 1 aromatic rings. The maximum absolute atomic E-state index is 12.8. The van der Waals surface area contributed by atoms with Crippen molar-refractivity contribution in [2.45, 2.75) is 38.8 Å². The molecule has 1 atom stereocenters. The fourth-order valence-electron chi connectivity index (χ4n) is 3.98. The number of piperazine rings is 1. The molecule has 0 aromatic heterocycles. The largest absolute Gasteiger partial charge is 0.341 e. The normalized spacial score (nSPS) is 19.5. The van der Waals surface area contributed by atoms with Gasteiger partial charge in [0.15, 0.2) is 0 Å². The van der Waals surface area contributed by atoms with Crippen LogP contribution in [0.25, 0.3) is 0 Å². The highest BCUT2D eigenvalue weighted by atomic mass is 35.5. The standard InChI is InChI=1S/C21H30N4O3.ClH/c1-17(26)23(15-18-6-3-2-4-7-18)12-9-20(27)24-11-5-8-19(16-24)25-13-10-22-14-21(25)28;/h2-4,6-7,19,22H,5,8-16H2,1H3;1H. The summed E-state index contributed by atoms with van der Waals surface area (Å²) in [6, 6.07) is 9.92. The fraction of sp³-hybridized carbons (Fsp3) is 0.571. The van der Waals surface area contributed by atoms with E-state index in [1.165, 1.54) is 0 Å². The second-order valence-electron chi connectivity index (χ2n) is 7.58. The molecule has 3 rings (SSSR count). The lowest BCUT2D eigenvalue weighted by Gasteiger charge is -2.41. The van der Waals surface area contributed by atoms with E-state index in [1.54, 1.807) is 11.8 Å². The molecule has 3 amide bonds. The molecule has 0 aliphatic carbocycles. The van der Waals surface area contributed by atoms with Crippen LogP contribution in [-0.2, 0) is 20.9 Å². The monoisotopic (exact) mass is 422 g/mol. The van der Waals surface area contributed by atoms with Crippen molar-refractivity contribution < 1.29 is 14.4 Å². The van der Waals surface area contributed by atoms with Crippen molar-refractivity contribution >= 4 is 30.1 Å². The van der Waals surface area contributed by atoms with Gasteiger partial charge in [-0.05, 0) is 18.4 Å². The Morgan fingerprint density at radius 1 is 1.21 bits per heavy atom. The summed E-state index contributed by atoms with van der Waals surface area (Å²) >= 11 is 0. The third-order valence-electron chi connectivity index (χ3n) is 5.57. The predicted octanol–water partition coefficient (Wildman–Crippen LogP) is 1.27. The maximum atomic E-state index is 12.8. The van der Waals surface area contributed by atoms with Crippen molar-refractivity contribution in [3.05, 3.63) is 35.9 Å². The van der Waals surface area contributed by atoms with Gasteiger partial charge in [0.25, 0.3) is 0 Å². The summed E-state index contributed by atoms with van der Waals surface area (Å²) in [4.78, 5) is 42.4. The molecule has 1 unspecified atom stereocenters. The van der Waals surface area contributed by atoms with Gasteiger partial charge < -0.3 is 20.0 Å². The number of nitrogens with zero attached hydrogens (tertiary/aromatic N) is 3. The predicted molar refractivity (Wildman–Crippen MR) is 114 cm³/mol. The molecule has 2 fully saturated rings. The summed E-state index contributed by atoms with van der Waals surface area (Å²) in [5, 5.41) is 3.09. The number of likely N-dealkylation sites (tertiary alicyclic amines) is 1. The number of rotatable bonds is 6. The quantitative estimate of drug-likeness (QED) is 0.749. The highest BCUT2D eigenvalue weighted by Crippen LogP contribution is 2.18. The van der Waals surface area contributed by atoms with Crippen LogP contribution in [0.1, 0.15) is 31.7 Å². The number of benzene rings is 1. The summed E-state index contributed by atoms with van der Waals surface area (Å²) in [6.07, 6.45) is 2.17. The Morgan fingerprint density at radius 2 is 1.97 bits per heavy atom. The molecule has 2 saturated heterocycles. The van der Waals surface area contributed by atoms with Crippen LogP contribution in [0.4, 0.5) is 0 Å². The number of halogens is 1. The van der Waals surface area contributed by atoms with E-state index in [0.29, 0.717) is 39.1 Å². The molecule has 2 aliphatic rings. The number of piperidine rings is 1. The highest BCUT2D eigenvalue weighted by Gasteiger charge is 2.31. The zero-order valence-corrected chi connectivity index (χ0v) is 17.8. The molecule has 0 saturated carbocycles. The second-order valence-corrected chi connectivity index (χ2v) is 7.58. The van der Waals surface area contributed by atoms with Gasteiger partial charge >= 0.3 is 0 Å². The van der Waals surface area contributed by atoms with Crippen molar-refractivity contribution in [2.24, 2.45) is 0 Å². The number of amides is 3. The molecule has 1 N–H and O–H groups in total. The lowest BCUT2D eigenvalue weighted by Crippen LogP contribution is -2.57. The van der Waals surface area contributed by atoms with E-state index in [4.69, 9.17) is 0 Å². The van der Waals surface area contributed by atoms with Gasteiger partial charge in [0, 0.05) is 58.7 Å². The topological polar surface area (TPSA) is 73.0 Å². The minimum Gasteiger partial charge on any atom is -0.341 e. The Labute approximate surface area is 178 Å². The molecule has 2 heterocycles. The van der Waals surface area contributed by atoms with Crippen molar-refractivity contribution in [3.63, 3.8) is 0 Å². The minimum atomic E-state index is -0.0282. The van der Waals surface area contributed by atoms with Gasteiger partial charge in [-0.15, -0.1) is 12.4 Å². The molecule has 0 radical (unpaired) electrons. The lowest BCUT2D eigenvalue weighted by atomic mass is 10.0. The van der Waals surface area contributed by atoms with Crippen LogP contribution in [0.3, 0.4) is 0 Å². The molecule has 160 valence electrons. The Morgan fingerprint density at radius 3 is 2.66 bits per heavy atom. The molecule has 0 spiro atoms. The van der Waals surface area contributed by atoms with Crippen molar-refractivity contribution in [1.82, 2.24) is 20.0 Å². The summed E-state index contributed by atoms with van der Waals surface area (Å²) < 4.78 is 0. The second kappa shape index (κ2) is 11.2. The zero-order chi connectivity index (χ0) is 19.9. The zero-order valence-electron chi connectivity index (χ0n) is 17.0. The van der Waals surface area contributed by atoms with E-state index in [-0.39, 0.29) is 36.2 Å². The average molecular weight is 423 g/mol. The number of nitrogens with one attached hydrogen (secondary N) is 1. The fourth-order valence-corrected chi connectivity index (χ4v) is 3.98. The SMILES string of the molecule is CC(=O)N(CCC(=O)N1CCCC(N2CCNCC2=O)C1)Cc1ccccc1.Cl. The van der Waals surface area contributed by atoms with Crippen LogP contribution >= 0.6 is 12.4 Å². The third kappa shape index (κ3) is 6.44. The molecule has 0 bridgehead atoms. The van der Waals surface area contributed by atoms with E-state index in [0.717, 1.165) is 31.5 Å². The van der Waals surface area contributed by atoms with Gasteiger partial charge in [-0.3, -0.25) is 14.4 Å². The number of carbonyl (C=O) groups excluding carboxylic acids is 3. The smallest absolute Gasteiger partial charge is 0.236 e. The summed E-state index contributed by atoms with van der Waals surface area (Å²) in [5.41, 5.74) is 1.06. The van der Waals surface area contributed by atoms with E-state index in [1.807, 2.05) is 40.1 Å². The summed E-state index contributed by atoms with van der Waals surface area (Å²) in [6.45, 7) is 5.71. The van der Waals surface area contributed by atoms with Crippen molar-refractivity contribution in [2.75, 3.05) is 39.3 Å². The van der Waals surface area contributed by atoms with E-state index >= 15 is 0 Å². The Balaban J connectivity index is 0.00000300. The third-order valence-corrected chi connectivity index (χ3v) is 5.57. The van der Waals surface area contributed by atoms with Crippen LogP contribution in [0.5, 0.6) is 0 Å². The molecule has 8 heteroatoms. The highest BCUT2D eigenvalue weighted by molar-refractivity contribution is 5.85. The van der Waals surface area contributed by atoms with Crippen LogP contribution in [0.2, 0.25) is 0 Å². The first-order valence-corrected chi connectivity index (χ1v) is 10.1. The summed E-state index contributed by atoms with van der Waals surface area (Å²) in [5.74, 6) is 0.155. The van der Waals surface area contributed by atoms with Gasteiger partial charge in [-0.1, -0.05) is 30.3 Å². The summed E-state index contributed by atoms with van der Waals surface area (Å²) in [7, 11) is 0. The Hall–Kier alpha value is -2.12. The molecule has 2 aliphatic heterocycles. The molecule has 1 aromatic carbocycles. The van der Waals surface area contributed by atoms with Gasteiger partial charge in [0.1, 0.15) is 0 Å². The first-order chi connectivity index (χ1) is 13.5. The molecule has 7 nitrogen and oxygen atoms in total. The Kier molecular flexibility index (Phi) is 8.92. The van der Waals surface area contributed by atoms with Crippen molar-refractivity contribution in [1.29, 1.82) is 0 Å². The van der Waals surface area contributed by atoms with E-state index < -0.39 is 0 Å². The van der Waals surface area contributed by atoms with Crippen LogP contribution in [-0.4, -0.2) is 77.7 Å². The average Bonchev–Trinajstić information content (AvgIpc) is 2.72. The van der Waals surface area contributed by atoms with Crippen LogP contribution < -0.4 is 5.32 Å². The first-order valence-electron chi connectivity index (χ1n) is 10.1. The number of carbonyl (C=O) groups is 3. The maximum Gasteiger partial charge on any atom is 0.236 e. The van der Waals surface area contributed by atoms with Gasteiger partial charge in [-0.25, -0.2) is 0 Å². The van der Waals surface area contributed by atoms with Gasteiger partial charge in [0.05, 0.1) is 6.54 Å². The van der Waals surface area contributed by atoms with Gasteiger partial charge in [0.2, 0.25) is 17.7 Å². The lowest BCUT2D eigenvalue weighted by molar-refractivity contribution is -0.141. The van der Waals surface area contributed by atoms with Gasteiger partial charge in [-0.2, -0.15) is 0 Å². The minimum absolute atomic E-state index is 0. The van der Waals surface area contributed by atoms with E-state index in [2.05, 4.69) is 5.32 Å². The number of hydrogen-bond acceptors (Lipinski definition) is 4.